The zero-order valence-electron chi connectivity index (χ0n) is 9.09. The van der Waals surface area contributed by atoms with Crippen LogP contribution in [0.25, 0.3) is 5.69 Å². The molecule has 1 aromatic carbocycles. The van der Waals surface area contributed by atoms with Crippen molar-refractivity contribution >= 4 is 21.9 Å². The van der Waals surface area contributed by atoms with Crippen LogP contribution in [0.4, 0.5) is 0 Å². The molecule has 0 atom stereocenters. The highest BCUT2D eigenvalue weighted by atomic mass is 79.9. The predicted octanol–water partition coefficient (Wildman–Crippen LogP) is 2.29. The predicted molar refractivity (Wildman–Crippen MR) is 65.4 cm³/mol. The molecule has 1 aromatic heterocycles. The molecule has 0 aliphatic heterocycles. The molecule has 2 aromatic rings. The number of halogens is 1. The molecule has 0 bridgehead atoms. The molecule has 5 nitrogen and oxygen atoms in total. The second kappa shape index (κ2) is 4.67. The van der Waals surface area contributed by atoms with Gasteiger partial charge in [-0.15, -0.1) is 10.2 Å². The van der Waals surface area contributed by atoms with E-state index in [0.717, 1.165) is 10.3 Å². The first-order chi connectivity index (χ1) is 8.13. The van der Waals surface area contributed by atoms with E-state index in [-0.39, 0.29) is 5.56 Å². The lowest BCUT2D eigenvalue weighted by Gasteiger charge is -2.09. The second-order valence-corrected chi connectivity index (χ2v) is 4.35. The Kier molecular flexibility index (Phi) is 3.23. The average molecular weight is 296 g/mol. The molecule has 6 heteroatoms. The van der Waals surface area contributed by atoms with Crippen LogP contribution in [-0.2, 0) is 6.42 Å². The van der Waals surface area contributed by atoms with Crippen LogP contribution in [0.5, 0.6) is 0 Å². The fraction of sp³-hybridized carbons (Fsp3) is 0.182. The molecule has 0 fully saturated rings. The third-order valence-electron chi connectivity index (χ3n) is 2.38. The molecule has 0 saturated heterocycles. The third-order valence-corrected chi connectivity index (χ3v) is 2.88. The quantitative estimate of drug-likeness (QED) is 0.943. The number of aryl methyl sites for hydroxylation is 1. The van der Waals surface area contributed by atoms with Crippen molar-refractivity contribution in [2.75, 3.05) is 0 Å². The van der Waals surface area contributed by atoms with Gasteiger partial charge < -0.3 is 5.11 Å². The Morgan fingerprint density at radius 1 is 1.53 bits per heavy atom. The molecule has 0 amide bonds. The fourth-order valence-electron chi connectivity index (χ4n) is 1.59. The Bertz CT molecular complexity index is 566. The lowest BCUT2D eigenvalue weighted by Crippen LogP contribution is -2.07. The normalized spacial score (nSPS) is 10.5. The number of nitrogens with zero attached hydrogens (tertiary/aromatic N) is 3. The number of rotatable bonds is 3. The lowest BCUT2D eigenvalue weighted by atomic mass is 10.1. The molecular weight excluding hydrogens is 286 g/mol. The largest absolute Gasteiger partial charge is 0.478 e. The molecule has 0 aliphatic rings. The van der Waals surface area contributed by atoms with E-state index in [1.807, 2.05) is 6.92 Å². The second-order valence-electron chi connectivity index (χ2n) is 3.44. The van der Waals surface area contributed by atoms with Crippen molar-refractivity contribution in [1.82, 2.24) is 14.8 Å². The van der Waals surface area contributed by atoms with E-state index in [2.05, 4.69) is 26.1 Å². The molecule has 88 valence electrons. The zero-order valence-corrected chi connectivity index (χ0v) is 10.7. The van der Waals surface area contributed by atoms with Crippen LogP contribution in [0.3, 0.4) is 0 Å². The molecule has 17 heavy (non-hydrogen) atoms. The van der Waals surface area contributed by atoms with E-state index in [4.69, 9.17) is 0 Å². The SMILES string of the molecule is CCc1nncn1-c1ccc(Br)cc1C(=O)O. The summed E-state index contributed by atoms with van der Waals surface area (Å²) >= 11 is 3.26. The van der Waals surface area contributed by atoms with Gasteiger partial charge in [-0.2, -0.15) is 0 Å². The molecule has 2 rings (SSSR count). The summed E-state index contributed by atoms with van der Waals surface area (Å²) in [6.07, 6.45) is 2.21. The van der Waals surface area contributed by atoms with Gasteiger partial charge in [-0.25, -0.2) is 4.79 Å². The van der Waals surface area contributed by atoms with Gasteiger partial charge in [-0.3, -0.25) is 4.57 Å². The molecular formula is C11H10BrN3O2. The number of carbonyl (C=O) groups is 1. The molecule has 0 saturated carbocycles. The van der Waals surface area contributed by atoms with Gasteiger partial charge in [0.05, 0.1) is 11.3 Å². The summed E-state index contributed by atoms with van der Waals surface area (Å²) in [5.41, 5.74) is 0.788. The van der Waals surface area contributed by atoms with E-state index in [9.17, 15) is 9.90 Å². The van der Waals surface area contributed by atoms with Crippen molar-refractivity contribution in [3.05, 3.63) is 40.4 Å². The summed E-state index contributed by atoms with van der Waals surface area (Å²) in [4.78, 5) is 11.2. The number of carboxylic acid groups (broad SMARTS) is 1. The van der Waals surface area contributed by atoms with Crippen LogP contribution in [0, 0.1) is 0 Å². The molecule has 0 unspecified atom stereocenters. The van der Waals surface area contributed by atoms with E-state index in [0.29, 0.717) is 12.1 Å². The van der Waals surface area contributed by atoms with Gasteiger partial charge in [0.1, 0.15) is 12.2 Å². The number of aromatic carboxylic acids is 1. The van der Waals surface area contributed by atoms with Crippen molar-refractivity contribution in [3.8, 4) is 5.69 Å². The Hall–Kier alpha value is -1.69. The molecule has 0 radical (unpaired) electrons. The van der Waals surface area contributed by atoms with E-state index < -0.39 is 5.97 Å². The van der Waals surface area contributed by atoms with Gasteiger partial charge >= 0.3 is 5.97 Å². The van der Waals surface area contributed by atoms with Gasteiger partial charge in [0.15, 0.2) is 0 Å². The fourth-order valence-corrected chi connectivity index (χ4v) is 1.95. The maximum atomic E-state index is 11.2. The summed E-state index contributed by atoms with van der Waals surface area (Å²) in [7, 11) is 0. The average Bonchev–Trinajstić information content (AvgIpc) is 2.76. The first-order valence-corrected chi connectivity index (χ1v) is 5.85. The standard InChI is InChI=1S/C11H10BrN3O2/c1-2-10-14-13-6-15(10)9-4-3-7(12)5-8(9)11(16)17/h3-6H,2H2,1H3,(H,16,17). The number of aromatic nitrogens is 3. The summed E-state index contributed by atoms with van der Waals surface area (Å²) in [6, 6.07) is 5.09. The van der Waals surface area contributed by atoms with Crippen molar-refractivity contribution in [3.63, 3.8) is 0 Å². The summed E-state index contributed by atoms with van der Waals surface area (Å²) in [5.74, 6) is -0.244. The van der Waals surface area contributed by atoms with Crippen LogP contribution in [0.15, 0.2) is 29.0 Å². The summed E-state index contributed by atoms with van der Waals surface area (Å²) in [5, 5.41) is 16.9. The molecule has 1 heterocycles. The van der Waals surface area contributed by atoms with Crippen LogP contribution in [0.1, 0.15) is 23.1 Å². The first-order valence-electron chi connectivity index (χ1n) is 5.05. The number of carboxylic acids is 1. The maximum absolute atomic E-state index is 11.2. The van der Waals surface area contributed by atoms with Crippen molar-refractivity contribution < 1.29 is 9.90 Å². The number of hydrogen-bond donors (Lipinski definition) is 1. The Morgan fingerprint density at radius 2 is 2.29 bits per heavy atom. The highest BCUT2D eigenvalue weighted by Gasteiger charge is 2.14. The van der Waals surface area contributed by atoms with E-state index in [1.54, 1.807) is 22.8 Å². The molecule has 0 spiro atoms. The summed E-state index contributed by atoms with van der Waals surface area (Å²) in [6.45, 7) is 1.94. The molecule has 1 N–H and O–H groups in total. The van der Waals surface area contributed by atoms with Crippen molar-refractivity contribution in [2.45, 2.75) is 13.3 Å². The van der Waals surface area contributed by atoms with Gasteiger partial charge in [0.2, 0.25) is 0 Å². The van der Waals surface area contributed by atoms with Crippen LogP contribution < -0.4 is 0 Å². The minimum absolute atomic E-state index is 0.217. The highest BCUT2D eigenvalue weighted by molar-refractivity contribution is 9.10. The topological polar surface area (TPSA) is 68.0 Å². The first kappa shape index (κ1) is 11.8. The van der Waals surface area contributed by atoms with Gasteiger partial charge in [0, 0.05) is 10.9 Å². The van der Waals surface area contributed by atoms with Crippen molar-refractivity contribution in [2.24, 2.45) is 0 Å². The Morgan fingerprint density at radius 3 is 2.94 bits per heavy atom. The van der Waals surface area contributed by atoms with Crippen LogP contribution >= 0.6 is 15.9 Å². The summed E-state index contributed by atoms with van der Waals surface area (Å²) < 4.78 is 2.42. The van der Waals surface area contributed by atoms with Crippen LogP contribution in [0.2, 0.25) is 0 Å². The monoisotopic (exact) mass is 295 g/mol. The minimum atomic E-state index is -0.975. The number of benzene rings is 1. The third kappa shape index (κ3) is 2.21. The van der Waals surface area contributed by atoms with Crippen LogP contribution in [-0.4, -0.2) is 25.8 Å². The van der Waals surface area contributed by atoms with E-state index >= 15 is 0 Å². The molecule has 0 aliphatic carbocycles. The van der Waals surface area contributed by atoms with Crippen molar-refractivity contribution in [1.29, 1.82) is 0 Å². The minimum Gasteiger partial charge on any atom is -0.478 e. The van der Waals surface area contributed by atoms with Gasteiger partial charge in [0.25, 0.3) is 0 Å². The number of hydrogen-bond acceptors (Lipinski definition) is 3. The zero-order chi connectivity index (χ0) is 12.4. The van der Waals surface area contributed by atoms with Gasteiger partial charge in [-0.05, 0) is 18.2 Å². The Balaban J connectivity index is 2.63. The smallest absolute Gasteiger partial charge is 0.337 e. The Labute approximate surface area is 106 Å². The highest BCUT2D eigenvalue weighted by Crippen LogP contribution is 2.21. The van der Waals surface area contributed by atoms with Gasteiger partial charge in [-0.1, -0.05) is 22.9 Å². The maximum Gasteiger partial charge on any atom is 0.337 e. The lowest BCUT2D eigenvalue weighted by molar-refractivity contribution is 0.0697. The van der Waals surface area contributed by atoms with E-state index in [1.165, 1.54) is 6.33 Å².